The van der Waals surface area contributed by atoms with Crippen molar-refractivity contribution >= 4 is 41.1 Å². The molecular formula is C40H48Cl2N10O5. The molecule has 7 rings (SSSR count). The Bertz CT molecular complexity index is 2020. The highest BCUT2D eigenvalue weighted by molar-refractivity contribution is 6.42. The van der Waals surface area contributed by atoms with Gasteiger partial charge in [0.15, 0.2) is 0 Å². The normalized spacial score (nSPS) is 20.0. The van der Waals surface area contributed by atoms with E-state index in [1.807, 2.05) is 45.0 Å². The van der Waals surface area contributed by atoms with E-state index in [1.54, 1.807) is 44.6 Å². The van der Waals surface area contributed by atoms with Crippen molar-refractivity contribution in [3.05, 3.63) is 94.0 Å². The van der Waals surface area contributed by atoms with E-state index in [0.717, 1.165) is 43.6 Å². The second kappa shape index (κ2) is 17.8. The number of nitrogens with one attached hydrogen (secondary N) is 1. The van der Waals surface area contributed by atoms with Gasteiger partial charge in [0.1, 0.15) is 12.1 Å². The molecule has 1 atom stereocenters. The van der Waals surface area contributed by atoms with Crippen LogP contribution in [-0.4, -0.2) is 142 Å². The average molecular weight is 820 g/mol. The summed E-state index contributed by atoms with van der Waals surface area (Å²) in [5.74, 6) is 0.0862. The van der Waals surface area contributed by atoms with Crippen molar-refractivity contribution in [3.63, 3.8) is 0 Å². The maximum absolute atomic E-state index is 14.2. The number of likely N-dealkylation sites (tertiary alicyclic amines) is 2. The number of tetrazole rings is 1. The molecule has 3 fully saturated rings. The Morgan fingerprint density at radius 2 is 1.61 bits per heavy atom. The topological polar surface area (TPSA) is 151 Å². The predicted octanol–water partition coefficient (Wildman–Crippen LogP) is 4.43. The van der Waals surface area contributed by atoms with Gasteiger partial charge in [-0.15, -0.1) is 5.10 Å². The van der Waals surface area contributed by atoms with Crippen LogP contribution in [0.5, 0.6) is 5.75 Å². The molecule has 2 aromatic carbocycles. The van der Waals surface area contributed by atoms with Crippen molar-refractivity contribution in [3.8, 4) is 11.4 Å². The second-order valence-electron chi connectivity index (χ2n) is 14.9. The predicted molar refractivity (Wildman–Crippen MR) is 214 cm³/mol. The number of rotatable bonds is 12. The molecule has 17 heteroatoms. The van der Waals surface area contributed by atoms with Crippen LogP contribution in [-0.2, 0) is 20.5 Å². The Morgan fingerprint density at radius 1 is 0.842 bits per heavy atom. The Balaban J connectivity index is 1.04. The van der Waals surface area contributed by atoms with Crippen molar-refractivity contribution in [1.82, 2.24) is 50.1 Å². The van der Waals surface area contributed by atoms with Crippen molar-refractivity contribution < 1.29 is 23.9 Å². The summed E-state index contributed by atoms with van der Waals surface area (Å²) in [5.41, 5.74) is 2.21. The lowest BCUT2D eigenvalue weighted by molar-refractivity contribution is -0.144. The summed E-state index contributed by atoms with van der Waals surface area (Å²) in [5, 5.41) is 15.8. The highest BCUT2D eigenvalue weighted by atomic mass is 35.5. The highest BCUT2D eigenvalue weighted by Gasteiger charge is 2.44. The maximum atomic E-state index is 14.2. The monoisotopic (exact) mass is 818 g/mol. The van der Waals surface area contributed by atoms with Crippen LogP contribution in [0.25, 0.3) is 5.69 Å². The lowest BCUT2D eigenvalue weighted by atomic mass is 9.76. The van der Waals surface area contributed by atoms with Gasteiger partial charge in [0, 0.05) is 70.2 Å². The van der Waals surface area contributed by atoms with Gasteiger partial charge >= 0.3 is 12.0 Å². The van der Waals surface area contributed by atoms with Crippen LogP contribution in [0.2, 0.25) is 10.0 Å². The number of piperazine rings is 1. The summed E-state index contributed by atoms with van der Waals surface area (Å²) < 4.78 is 12.2. The smallest absolute Gasteiger partial charge is 0.320 e. The number of methoxy groups -OCH3 is 1. The molecule has 3 aliphatic heterocycles. The van der Waals surface area contributed by atoms with Crippen LogP contribution in [0, 0.1) is 0 Å². The van der Waals surface area contributed by atoms with Gasteiger partial charge in [-0.05, 0) is 103 Å². The SMILES string of the molecule is CCOC(=O)CN1CCN(C(=O)NC2(c3ccncc3)CCN(CCC3(c4ccc(Cl)c(Cl)c4)CCN(C(=O)c4cc(-n5cnnn5)ccc4OC)C3)CC2)CC1. The van der Waals surface area contributed by atoms with Crippen LogP contribution in [0.3, 0.4) is 0 Å². The minimum Gasteiger partial charge on any atom is -0.496 e. The largest absolute Gasteiger partial charge is 0.496 e. The van der Waals surface area contributed by atoms with E-state index in [4.69, 9.17) is 32.7 Å². The third kappa shape index (κ3) is 9.01. The Morgan fingerprint density at radius 3 is 2.30 bits per heavy atom. The van der Waals surface area contributed by atoms with Crippen molar-refractivity contribution in [2.45, 2.75) is 43.6 Å². The number of amides is 3. The van der Waals surface area contributed by atoms with Crippen LogP contribution >= 0.6 is 23.2 Å². The molecule has 2 aromatic heterocycles. The third-order valence-corrected chi connectivity index (χ3v) is 12.5. The number of ether oxygens (including phenoxy) is 2. The zero-order chi connectivity index (χ0) is 40.0. The molecule has 57 heavy (non-hydrogen) atoms. The number of carbonyl (C=O) groups is 3. The Kier molecular flexibility index (Phi) is 12.6. The second-order valence-corrected chi connectivity index (χ2v) is 15.7. The first-order valence-corrected chi connectivity index (χ1v) is 20.1. The number of nitrogens with zero attached hydrogens (tertiary/aromatic N) is 9. The molecule has 0 bridgehead atoms. The van der Waals surface area contributed by atoms with Crippen LogP contribution in [0.4, 0.5) is 4.79 Å². The molecule has 5 heterocycles. The average Bonchev–Trinajstić information content (AvgIpc) is 3.94. The van der Waals surface area contributed by atoms with E-state index in [9.17, 15) is 14.4 Å². The van der Waals surface area contributed by atoms with Crippen LogP contribution < -0.4 is 10.1 Å². The number of benzene rings is 2. The molecule has 1 unspecified atom stereocenters. The van der Waals surface area contributed by atoms with E-state index in [0.29, 0.717) is 85.8 Å². The molecule has 3 amide bonds. The van der Waals surface area contributed by atoms with E-state index in [2.05, 4.69) is 30.7 Å². The van der Waals surface area contributed by atoms with Gasteiger partial charge in [-0.3, -0.25) is 19.5 Å². The number of pyridine rings is 1. The fourth-order valence-corrected chi connectivity index (χ4v) is 8.68. The first kappa shape index (κ1) is 40.4. The van der Waals surface area contributed by atoms with Crippen LogP contribution in [0.15, 0.2) is 67.3 Å². The number of halogens is 2. The van der Waals surface area contributed by atoms with E-state index in [1.165, 1.54) is 11.0 Å². The minimum atomic E-state index is -0.563. The molecule has 1 N–H and O–H groups in total. The van der Waals surface area contributed by atoms with Gasteiger partial charge in [-0.2, -0.15) is 0 Å². The third-order valence-electron chi connectivity index (χ3n) is 11.7. The maximum Gasteiger partial charge on any atom is 0.320 e. The van der Waals surface area contributed by atoms with Crippen LogP contribution in [0.1, 0.15) is 54.1 Å². The molecule has 3 aliphatic rings. The van der Waals surface area contributed by atoms with Gasteiger partial charge in [-0.1, -0.05) is 29.3 Å². The number of esters is 1. The number of aromatic nitrogens is 5. The van der Waals surface area contributed by atoms with Gasteiger partial charge in [-0.25, -0.2) is 9.48 Å². The highest BCUT2D eigenvalue weighted by Crippen LogP contribution is 2.42. The first-order chi connectivity index (χ1) is 27.6. The molecule has 0 radical (unpaired) electrons. The van der Waals surface area contributed by atoms with E-state index < -0.39 is 5.54 Å². The number of hydrogen-bond acceptors (Lipinski definition) is 11. The number of urea groups is 1. The molecule has 3 saturated heterocycles. The Hall–Kier alpha value is -4.83. The van der Waals surface area contributed by atoms with Gasteiger partial charge in [0.05, 0.1) is 47.1 Å². The zero-order valence-electron chi connectivity index (χ0n) is 32.3. The standard InChI is InChI=1S/C40H48Cl2N10O5/c1-3-57-36(53)26-49-20-22-50(23-21-49)38(55)45-40(29-8-14-43-15-9-29)12-17-48(18-13-40)16-10-39(30-4-6-33(41)34(42)24-30)11-19-51(27-39)37(54)32-25-31(5-7-35(32)56-2)52-28-44-46-47-52/h4-9,14-15,24-25,28H,3,10-13,16-23,26-27H2,1-2H3,(H,45,55). The van der Waals surface area contributed by atoms with Gasteiger partial charge < -0.3 is 29.5 Å². The molecule has 15 nitrogen and oxygen atoms in total. The van der Waals surface area contributed by atoms with Gasteiger partial charge in [0.2, 0.25) is 0 Å². The summed E-state index contributed by atoms with van der Waals surface area (Å²) in [6.07, 6.45) is 7.98. The summed E-state index contributed by atoms with van der Waals surface area (Å²) >= 11 is 13.0. The van der Waals surface area contributed by atoms with E-state index in [-0.39, 0.29) is 29.9 Å². The summed E-state index contributed by atoms with van der Waals surface area (Å²) in [7, 11) is 1.55. The van der Waals surface area contributed by atoms with Gasteiger partial charge in [0.25, 0.3) is 5.91 Å². The molecular weight excluding hydrogens is 771 g/mol. The first-order valence-electron chi connectivity index (χ1n) is 19.4. The lowest BCUT2D eigenvalue weighted by Crippen LogP contribution is -2.59. The fourth-order valence-electron chi connectivity index (χ4n) is 8.38. The minimum absolute atomic E-state index is 0.106. The quantitative estimate of drug-likeness (QED) is 0.202. The summed E-state index contributed by atoms with van der Waals surface area (Å²) in [4.78, 5) is 52.5. The molecule has 0 spiro atoms. The lowest BCUT2D eigenvalue weighted by Gasteiger charge is -2.45. The molecule has 302 valence electrons. The molecule has 0 saturated carbocycles. The fraction of sp³-hybridized carbons (Fsp3) is 0.475. The number of hydrogen-bond donors (Lipinski definition) is 1. The number of carbonyl (C=O) groups excluding carboxylic acids is 3. The van der Waals surface area contributed by atoms with Crippen molar-refractivity contribution in [2.75, 3.05) is 79.2 Å². The van der Waals surface area contributed by atoms with E-state index >= 15 is 0 Å². The zero-order valence-corrected chi connectivity index (χ0v) is 33.8. The van der Waals surface area contributed by atoms with Crippen molar-refractivity contribution in [1.29, 1.82) is 0 Å². The Labute approximate surface area is 342 Å². The molecule has 4 aromatic rings. The summed E-state index contributed by atoms with van der Waals surface area (Å²) in [6, 6.07) is 15.0. The number of piperidine rings is 1. The summed E-state index contributed by atoms with van der Waals surface area (Å²) in [6.45, 7) is 7.97. The van der Waals surface area contributed by atoms with Crippen molar-refractivity contribution in [2.24, 2.45) is 0 Å². The molecule has 0 aliphatic carbocycles.